The van der Waals surface area contributed by atoms with Gasteiger partial charge in [0.2, 0.25) is 0 Å². The molecule has 0 aliphatic carbocycles. The van der Waals surface area contributed by atoms with Crippen LogP contribution in [0.15, 0.2) is 121 Å². The summed E-state index contributed by atoms with van der Waals surface area (Å²) in [5.41, 5.74) is 19.5. The number of nitrogen functional groups attached to an aromatic ring is 2. The molecule has 0 radical (unpaired) electrons. The number of carbonyl (C=O) groups is 2. The number of nitrogens with zero attached hydrogens (tertiary/aromatic N) is 4. The second-order valence-corrected chi connectivity index (χ2v) is 12.8. The second kappa shape index (κ2) is 13.1. The number of hydrogen-bond donors (Lipinski definition) is 2. The summed E-state index contributed by atoms with van der Waals surface area (Å²) in [5, 5.41) is 5.86. The number of methoxy groups -OCH3 is 2. The van der Waals surface area contributed by atoms with Crippen LogP contribution in [-0.4, -0.2) is 36.4 Å². The quantitative estimate of drug-likeness (QED) is 0.131. The van der Waals surface area contributed by atoms with Gasteiger partial charge < -0.3 is 20.9 Å². The molecule has 10 nitrogen and oxygen atoms in total. The Kier molecular flexibility index (Phi) is 8.11. The van der Waals surface area contributed by atoms with E-state index in [9.17, 15) is 9.59 Å². The molecule has 0 atom stereocenters. The molecule has 0 saturated carbocycles. The number of ether oxygens (including phenoxy) is 2. The molecule has 2 amide bonds. The number of amides is 2. The van der Waals surface area contributed by atoms with E-state index < -0.39 is 12.2 Å². The summed E-state index contributed by atoms with van der Waals surface area (Å²) in [5.74, 6) is 0. The van der Waals surface area contributed by atoms with Crippen molar-refractivity contribution >= 4 is 89.3 Å². The molecule has 6 aromatic carbocycles. The number of carbonyl (C=O) groups excluding carboxylic acids is 2. The van der Waals surface area contributed by atoms with E-state index in [1.165, 1.54) is 14.2 Å². The summed E-state index contributed by atoms with van der Waals surface area (Å²) in [6, 6.07) is 39.0. The third-order valence-corrected chi connectivity index (χ3v) is 9.30. The molecule has 0 aliphatic rings. The van der Waals surface area contributed by atoms with Crippen LogP contribution >= 0.6 is 0 Å². The Bertz CT molecular complexity index is 2530. The molecule has 52 heavy (non-hydrogen) atoms. The van der Waals surface area contributed by atoms with Crippen LogP contribution < -0.4 is 21.3 Å². The number of aromatic nitrogens is 2. The number of pyridine rings is 2. The summed E-state index contributed by atoms with van der Waals surface area (Å²) < 4.78 is 10.4. The van der Waals surface area contributed by atoms with Crippen molar-refractivity contribution in [1.29, 1.82) is 0 Å². The average Bonchev–Trinajstić information content (AvgIpc) is 3.16. The van der Waals surface area contributed by atoms with Gasteiger partial charge in [-0.3, -0.25) is 9.80 Å². The van der Waals surface area contributed by atoms with Gasteiger partial charge in [-0.05, 0) is 94.7 Å². The van der Waals surface area contributed by atoms with Gasteiger partial charge in [0, 0.05) is 44.3 Å². The number of rotatable bonds is 6. The van der Waals surface area contributed by atoms with E-state index >= 15 is 0 Å². The van der Waals surface area contributed by atoms with E-state index in [0.29, 0.717) is 22.7 Å². The van der Waals surface area contributed by atoms with Crippen molar-refractivity contribution in [3.05, 3.63) is 132 Å². The van der Waals surface area contributed by atoms with Gasteiger partial charge in [0.25, 0.3) is 0 Å². The normalized spacial score (nSPS) is 11.3. The zero-order chi connectivity index (χ0) is 35.9. The molecule has 0 saturated heterocycles. The van der Waals surface area contributed by atoms with Crippen molar-refractivity contribution in [3.8, 4) is 0 Å². The van der Waals surface area contributed by atoms with Crippen molar-refractivity contribution < 1.29 is 19.1 Å². The van der Waals surface area contributed by atoms with Crippen LogP contribution in [0.25, 0.3) is 54.4 Å². The predicted octanol–water partition coefficient (Wildman–Crippen LogP) is 8.95. The molecule has 0 unspecified atom stereocenters. The maximum atomic E-state index is 13.1. The van der Waals surface area contributed by atoms with E-state index in [2.05, 4.69) is 24.3 Å². The Morgan fingerprint density at radius 1 is 0.481 bits per heavy atom. The van der Waals surface area contributed by atoms with Gasteiger partial charge >= 0.3 is 12.2 Å². The lowest BCUT2D eigenvalue weighted by atomic mass is 10.0. The fraction of sp³-hybridized carbons (Fsp3) is 0.0952. The highest BCUT2D eigenvalue weighted by molar-refractivity contribution is 5.99. The van der Waals surface area contributed by atoms with E-state index in [0.717, 1.165) is 65.5 Å². The van der Waals surface area contributed by atoms with Gasteiger partial charge in [-0.25, -0.2) is 19.6 Å². The fourth-order valence-electron chi connectivity index (χ4n) is 6.64. The highest BCUT2D eigenvalue weighted by Crippen LogP contribution is 2.30. The molecule has 2 heterocycles. The molecular weight excluding hydrogens is 652 g/mol. The molecule has 8 aromatic rings. The smallest absolute Gasteiger partial charge is 0.414 e. The van der Waals surface area contributed by atoms with Crippen LogP contribution in [0.1, 0.15) is 11.1 Å². The molecule has 10 heteroatoms. The van der Waals surface area contributed by atoms with E-state index in [4.69, 9.17) is 30.9 Å². The van der Waals surface area contributed by atoms with Crippen LogP contribution in [0.4, 0.5) is 32.3 Å². The third kappa shape index (κ3) is 6.18. The monoisotopic (exact) mass is 686 g/mol. The second-order valence-electron chi connectivity index (χ2n) is 12.8. The highest BCUT2D eigenvalue weighted by atomic mass is 16.5. The molecule has 4 N–H and O–H groups in total. The van der Waals surface area contributed by atoms with Crippen LogP contribution in [-0.2, 0) is 22.6 Å². The first-order chi connectivity index (χ1) is 25.2. The third-order valence-electron chi connectivity index (χ3n) is 9.30. The van der Waals surface area contributed by atoms with Gasteiger partial charge in [-0.15, -0.1) is 0 Å². The minimum atomic E-state index is -0.482. The highest BCUT2D eigenvalue weighted by Gasteiger charge is 2.20. The lowest BCUT2D eigenvalue weighted by molar-refractivity contribution is 0.177. The first kappa shape index (κ1) is 32.3. The maximum Gasteiger partial charge on any atom is 0.414 e. The Morgan fingerprint density at radius 3 is 1.25 bits per heavy atom. The Hall–Kier alpha value is -6.94. The van der Waals surface area contributed by atoms with E-state index in [1.54, 1.807) is 9.80 Å². The molecule has 0 aliphatic heterocycles. The molecule has 8 rings (SSSR count). The average molecular weight is 687 g/mol. The number of anilines is 4. The van der Waals surface area contributed by atoms with Gasteiger partial charge in [-0.1, -0.05) is 48.5 Å². The SMILES string of the molecule is COC(=O)N(Cc1ccc2cc(CN(C(=O)OC)c3ccc4cc5ccc(N)cc5nc4c3)ccc2c1)c1ccc2cc3ccc(N)cc3nc2c1. The Labute approximate surface area is 298 Å². The zero-order valence-corrected chi connectivity index (χ0v) is 28.5. The predicted molar refractivity (Wildman–Crippen MR) is 208 cm³/mol. The van der Waals surface area contributed by atoms with Gasteiger partial charge in [0.05, 0.1) is 49.4 Å². The van der Waals surface area contributed by atoms with Gasteiger partial charge in [0.15, 0.2) is 0 Å². The van der Waals surface area contributed by atoms with Crippen LogP contribution in [0, 0.1) is 0 Å². The topological polar surface area (TPSA) is 137 Å². The number of fused-ring (bicyclic) bond motifs is 5. The first-order valence-corrected chi connectivity index (χ1v) is 16.7. The van der Waals surface area contributed by atoms with Crippen molar-refractivity contribution in [2.24, 2.45) is 0 Å². The Balaban J connectivity index is 1.06. The van der Waals surface area contributed by atoms with E-state index in [1.807, 2.05) is 97.1 Å². The first-order valence-electron chi connectivity index (χ1n) is 16.7. The van der Waals surface area contributed by atoms with Crippen molar-refractivity contribution in [2.75, 3.05) is 35.5 Å². The molecule has 0 fully saturated rings. The minimum Gasteiger partial charge on any atom is -0.452 e. The van der Waals surface area contributed by atoms with Gasteiger partial charge in [-0.2, -0.15) is 0 Å². The van der Waals surface area contributed by atoms with Crippen LogP contribution in [0.3, 0.4) is 0 Å². The van der Waals surface area contributed by atoms with Gasteiger partial charge in [0.1, 0.15) is 0 Å². The molecular formula is C42H34N6O4. The van der Waals surface area contributed by atoms with Crippen LogP contribution in [0.5, 0.6) is 0 Å². The number of benzene rings is 6. The number of hydrogen-bond acceptors (Lipinski definition) is 8. The lowest BCUT2D eigenvalue weighted by Gasteiger charge is -2.23. The molecule has 0 spiro atoms. The van der Waals surface area contributed by atoms with Crippen LogP contribution in [0.2, 0.25) is 0 Å². The zero-order valence-electron chi connectivity index (χ0n) is 28.5. The summed E-state index contributed by atoms with van der Waals surface area (Å²) in [6.07, 6.45) is -0.965. The summed E-state index contributed by atoms with van der Waals surface area (Å²) in [4.78, 5) is 38.9. The maximum absolute atomic E-state index is 13.1. The molecule has 2 aromatic heterocycles. The minimum absolute atomic E-state index is 0.282. The fourth-order valence-corrected chi connectivity index (χ4v) is 6.64. The summed E-state index contributed by atoms with van der Waals surface area (Å²) in [7, 11) is 2.74. The largest absolute Gasteiger partial charge is 0.452 e. The molecule has 256 valence electrons. The summed E-state index contributed by atoms with van der Waals surface area (Å²) in [6.45, 7) is 0.564. The van der Waals surface area contributed by atoms with E-state index in [-0.39, 0.29) is 13.1 Å². The standard InChI is InChI=1S/C42H34N6O4/c1-51-41(49)47(35-13-9-31-17-29-7-11-33(43)19-37(29)45-39(31)21-35)23-25-3-5-28-16-26(4-6-27(28)15-25)24-48(42(50)52-2)36-14-10-32-18-30-8-12-34(44)20-38(30)46-40(32)22-36/h3-22H,23-24,43-44H2,1-2H3. The van der Waals surface area contributed by atoms with Crippen molar-refractivity contribution in [1.82, 2.24) is 9.97 Å². The lowest BCUT2D eigenvalue weighted by Crippen LogP contribution is -2.30. The molecule has 0 bridgehead atoms. The van der Waals surface area contributed by atoms with Crippen molar-refractivity contribution in [3.63, 3.8) is 0 Å². The Morgan fingerprint density at radius 2 is 0.846 bits per heavy atom. The van der Waals surface area contributed by atoms with Crippen molar-refractivity contribution in [2.45, 2.75) is 13.1 Å². The number of nitrogens with two attached hydrogens (primary N) is 2. The summed E-state index contributed by atoms with van der Waals surface area (Å²) >= 11 is 0.